The molecule has 20 heavy (non-hydrogen) atoms. The average molecular weight is 287 g/mol. The second-order valence-electron chi connectivity index (χ2n) is 5.87. The van der Waals surface area contributed by atoms with E-state index in [0.717, 1.165) is 32.5 Å². The third-order valence-electron chi connectivity index (χ3n) is 3.22. The molecule has 1 unspecified atom stereocenters. The van der Waals surface area contributed by atoms with Gasteiger partial charge in [-0.1, -0.05) is 6.92 Å². The molecule has 0 aromatic carbocycles. The van der Waals surface area contributed by atoms with Crippen LogP contribution in [0.15, 0.2) is 0 Å². The minimum atomic E-state index is -0.626. The van der Waals surface area contributed by atoms with Gasteiger partial charge < -0.3 is 19.9 Å². The van der Waals surface area contributed by atoms with E-state index in [9.17, 15) is 4.79 Å². The first-order chi connectivity index (χ1) is 9.35. The van der Waals surface area contributed by atoms with Gasteiger partial charge in [0.1, 0.15) is 5.54 Å². The Kier molecular flexibility index (Phi) is 9.80. The molecule has 0 aromatic heterocycles. The maximum atomic E-state index is 12.2. The molecule has 0 aliphatic heterocycles. The van der Waals surface area contributed by atoms with Crippen LogP contribution in [0, 0.1) is 0 Å². The zero-order valence-electron chi connectivity index (χ0n) is 14.2. The van der Waals surface area contributed by atoms with Crippen molar-refractivity contribution >= 4 is 5.97 Å². The summed E-state index contributed by atoms with van der Waals surface area (Å²) >= 11 is 0. The minimum Gasteiger partial charge on any atom is -0.465 e. The minimum absolute atomic E-state index is 0.159. The molecule has 0 spiro atoms. The van der Waals surface area contributed by atoms with E-state index in [4.69, 9.17) is 4.74 Å². The van der Waals surface area contributed by atoms with Crippen LogP contribution in [0.1, 0.15) is 33.6 Å². The van der Waals surface area contributed by atoms with Crippen LogP contribution in [0.5, 0.6) is 0 Å². The topological polar surface area (TPSA) is 44.8 Å². The highest BCUT2D eigenvalue weighted by molar-refractivity contribution is 5.80. The average Bonchev–Trinajstić information content (AvgIpc) is 2.36. The Morgan fingerprint density at radius 3 is 2.35 bits per heavy atom. The summed E-state index contributed by atoms with van der Waals surface area (Å²) in [4.78, 5) is 16.5. The zero-order chi connectivity index (χ0) is 15.6. The smallest absolute Gasteiger partial charge is 0.327 e. The SMILES string of the molecule is CCCNC(C)(CN(C)CCCN(C)C)C(=O)OCC. The second-order valence-corrected chi connectivity index (χ2v) is 5.87. The summed E-state index contributed by atoms with van der Waals surface area (Å²) in [7, 11) is 6.21. The molecule has 5 nitrogen and oxygen atoms in total. The van der Waals surface area contributed by atoms with E-state index in [1.54, 1.807) is 0 Å². The van der Waals surface area contributed by atoms with E-state index < -0.39 is 5.54 Å². The van der Waals surface area contributed by atoms with Crippen LogP contribution in [0.3, 0.4) is 0 Å². The van der Waals surface area contributed by atoms with E-state index in [1.807, 2.05) is 13.8 Å². The predicted molar refractivity (Wildman–Crippen MR) is 84.0 cm³/mol. The number of carbonyl (C=O) groups is 1. The molecule has 0 aliphatic carbocycles. The summed E-state index contributed by atoms with van der Waals surface area (Å²) in [5, 5.41) is 3.33. The van der Waals surface area contributed by atoms with Crippen LogP contribution in [0.4, 0.5) is 0 Å². The molecular weight excluding hydrogens is 254 g/mol. The fourth-order valence-electron chi connectivity index (χ4n) is 2.16. The van der Waals surface area contributed by atoms with Crippen LogP contribution in [0.2, 0.25) is 0 Å². The third kappa shape index (κ3) is 7.82. The van der Waals surface area contributed by atoms with Gasteiger partial charge >= 0.3 is 5.97 Å². The Bertz CT molecular complexity index is 272. The van der Waals surface area contributed by atoms with Crippen LogP contribution in [-0.2, 0) is 9.53 Å². The van der Waals surface area contributed by atoms with E-state index in [1.165, 1.54) is 0 Å². The van der Waals surface area contributed by atoms with E-state index >= 15 is 0 Å². The first kappa shape index (κ1) is 19.4. The Morgan fingerprint density at radius 1 is 1.20 bits per heavy atom. The van der Waals surface area contributed by atoms with Gasteiger partial charge in [-0.2, -0.15) is 0 Å². The second kappa shape index (κ2) is 10.1. The van der Waals surface area contributed by atoms with Crippen molar-refractivity contribution in [1.82, 2.24) is 15.1 Å². The summed E-state index contributed by atoms with van der Waals surface area (Å²) < 4.78 is 5.21. The van der Waals surface area contributed by atoms with Crippen LogP contribution < -0.4 is 5.32 Å². The maximum absolute atomic E-state index is 12.2. The molecule has 0 fully saturated rings. The lowest BCUT2D eigenvalue weighted by molar-refractivity contribution is -0.151. The molecule has 0 radical (unpaired) electrons. The number of ether oxygens (including phenoxy) is 1. The molecule has 5 heteroatoms. The number of rotatable bonds is 11. The Hall–Kier alpha value is -0.650. The third-order valence-corrected chi connectivity index (χ3v) is 3.22. The van der Waals surface area contributed by atoms with Gasteiger partial charge in [0.2, 0.25) is 0 Å². The van der Waals surface area contributed by atoms with Crippen molar-refractivity contribution in [2.24, 2.45) is 0 Å². The van der Waals surface area contributed by atoms with Crippen molar-refractivity contribution in [2.75, 3.05) is 53.9 Å². The van der Waals surface area contributed by atoms with Crippen LogP contribution in [0.25, 0.3) is 0 Å². The molecule has 0 heterocycles. The lowest BCUT2D eigenvalue weighted by atomic mass is 10.0. The molecular formula is C15H33N3O2. The Labute approximate surface area is 124 Å². The lowest BCUT2D eigenvalue weighted by Crippen LogP contribution is -2.57. The fraction of sp³-hybridized carbons (Fsp3) is 0.933. The summed E-state index contributed by atoms with van der Waals surface area (Å²) in [5.41, 5.74) is -0.626. The number of nitrogens with zero attached hydrogens (tertiary/aromatic N) is 2. The van der Waals surface area contributed by atoms with Crippen molar-refractivity contribution in [1.29, 1.82) is 0 Å². The molecule has 0 aliphatic rings. The molecule has 0 amide bonds. The highest BCUT2D eigenvalue weighted by atomic mass is 16.5. The molecule has 0 saturated heterocycles. The van der Waals surface area contributed by atoms with Gasteiger partial charge in [-0.25, -0.2) is 0 Å². The molecule has 0 bridgehead atoms. The molecule has 0 saturated carbocycles. The highest BCUT2D eigenvalue weighted by Gasteiger charge is 2.35. The summed E-state index contributed by atoms with van der Waals surface area (Å²) in [6, 6.07) is 0. The number of hydrogen-bond acceptors (Lipinski definition) is 5. The van der Waals surface area contributed by atoms with Gasteiger partial charge in [-0.05, 0) is 67.5 Å². The molecule has 1 atom stereocenters. The molecule has 1 N–H and O–H groups in total. The quantitative estimate of drug-likeness (QED) is 0.578. The molecule has 0 aromatic rings. The number of carbonyl (C=O) groups excluding carboxylic acids is 1. The van der Waals surface area contributed by atoms with Crippen molar-refractivity contribution in [3.05, 3.63) is 0 Å². The number of esters is 1. The Morgan fingerprint density at radius 2 is 1.85 bits per heavy atom. The largest absolute Gasteiger partial charge is 0.465 e. The highest BCUT2D eigenvalue weighted by Crippen LogP contribution is 2.10. The van der Waals surface area contributed by atoms with Crippen molar-refractivity contribution in [3.63, 3.8) is 0 Å². The van der Waals surface area contributed by atoms with Gasteiger partial charge in [-0.15, -0.1) is 0 Å². The van der Waals surface area contributed by atoms with E-state index in [0.29, 0.717) is 13.2 Å². The first-order valence-electron chi connectivity index (χ1n) is 7.61. The fourth-order valence-corrected chi connectivity index (χ4v) is 2.16. The van der Waals surface area contributed by atoms with Crippen LogP contribution >= 0.6 is 0 Å². The number of likely N-dealkylation sites (N-methyl/N-ethyl adjacent to an activating group) is 1. The Balaban J connectivity index is 4.43. The monoisotopic (exact) mass is 287 g/mol. The zero-order valence-corrected chi connectivity index (χ0v) is 14.2. The molecule has 0 rings (SSSR count). The summed E-state index contributed by atoms with van der Waals surface area (Å²) in [5.74, 6) is -0.159. The van der Waals surface area contributed by atoms with E-state index in [2.05, 4.69) is 43.2 Å². The lowest BCUT2D eigenvalue weighted by Gasteiger charge is -2.33. The first-order valence-corrected chi connectivity index (χ1v) is 7.61. The summed E-state index contributed by atoms with van der Waals surface area (Å²) in [6.45, 7) is 9.82. The van der Waals surface area contributed by atoms with Crippen molar-refractivity contribution in [2.45, 2.75) is 39.2 Å². The van der Waals surface area contributed by atoms with Gasteiger partial charge in [0.05, 0.1) is 6.61 Å². The van der Waals surface area contributed by atoms with Crippen molar-refractivity contribution in [3.8, 4) is 0 Å². The van der Waals surface area contributed by atoms with E-state index in [-0.39, 0.29) is 5.97 Å². The van der Waals surface area contributed by atoms with Gasteiger partial charge in [0.15, 0.2) is 0 Å². The predicted octanol–water partition coefficient (Wildman–Crippen LogP) is 1.19. The van der Waals surface area contributed by atoms with Gasteiger partial charge in [0, 0.05) is 6.54 Å². The number of hydrogen-bond donors (Lipinski definition) is 1. The van der Waals surface area contributed by atoms with Crippen LogP contribution in [-0.4, -0.2) is 75.2 Å². The molecule has 120 valence electrons. The number of nitrogens with one attached hydrogen (secondary N) is 1. The normalized spacial score (nSPS) is 14.6. The summed E-state index contributed by atoms with van der Waals surface area (Å²) in [6.07, 6.45) is 2.09. The van der Waals surface area contributed by atoms with Gasteiger partial charge in [0.25, 0.3) is 0 Å². The standard InChI is InChI=1S/C15H33N3O2/c1-7-10-16-15(3,14(19)20-8-2)13-18(6)12-9-11-17(4)5/h16H,7-13H2,1-6H3. The van der Waals surface area contributed by atoms with Gasteiger partial charge in [-0.3, -0.25) is 4.79 Å². The van der Waals surface area contributed by atoms with Crippen molar-refractivity contribution < 1.29 is 9.53 Å². The maximum Gasteiger partial charge on any atom is 0.327 e.